The third-order valence-electron chi connectivity index (χ3n) is 8.02. The van der Waals surface area contributed by atoms with Crippen LogP contribution in [-0.2, 0) is 32.0 Å². The summed E-state index contributed by atoms with van der Waals surface area (Å²) in [4.78, 5) is 67.3. The Morgan fingerprint density at radius 3 is 2.04 bits per heavy atom. The fraction of sp³-hybridized carbons (Fsp3) is 0.194. The second-order valence-corrected chi connectivity index (χ2v) is 11.2. The van der Waals surface area contributed by atoms with Crippen LogP contribution in [0.5, 0.6) is 0 Å². The van der Waals surface area contributed by atoms with Crippen LogP contribution >= 0.6 is 0 Å². The zero-order valence-corrected chi connectivity index (χ0v) is 26.0. The Labute approximate surface area is 271 Å². The molecule has 1 aliphatic heterocycles. The molecule has 3 amide bonds. The number of carbonyl (C=O) groups excluding carboxylic acids is 4. The van der Waals surface area contributed by atoms with Gasteiger partial charge in [0.25, 0.3) is 17.7 Å². The minimum Gasteiger partial charge on any atom is -0.480 e. The van der Waals surface area contributed by atoms with Gasteiger partial charge in [0.1, 0.15) is 12.1 Å². The van der Waals surface area contributed by atoms with E-state index in [0.29, 0.717) is 33.8 Å². The number of ether oxygens (including phenoxy) is 1. The number of hydrogen-bond donors (Lipinski definition) is 5. The molecule has 0 saturated carbocycles. The molecule has 0 bridgehead atoms. The number of H-pyrrole nitrogens is 1. The van der Waals surface area contributed by atoms with Crippen LogP contribution in [0.1, 0.15) is 54.4 Å². The van der Waals surface area contributed by atoms with Gasteiger partial charge < -0.3 is 30.8 Å². The number of fused-ring (bicyclic) bond motifs is 1. The van der Waals surface area contributed by atoms with E-state index in [1.807, 2.05) is 36.4 Å². The lowest BCUT2D eigenvalue weighted by atomic mass is 10.0. The topological polar surface area (TPSA) is 167 Å². The van der Waals surface area contributed by atoms with Gasteiger partial charge in [-0.25, -0.2) is 9.59 Å². The molecule has 0 unspecified atom stereocenters. The molecule has 0 spiro atoms. The van der Waals surface area contributed by atoms with E-state index in [-0.39, 0.29) is 24.0 Å². The van der Waals surface area contributed by atoms with Crippen LogP contribution in [-0.4, -0.2) is 58.9 Å². The number of nitrogens with one attached hydrogen (secondary N) is 4. The van der Waals surface area contributed by atoms with Crippen molar-refractivity contribution in [3.8, 4) is 0 Å². The molecule has 0 aliphatic carbocycles. The molecule has 1 aromatic heterocycles. The molecule has 1 aliphatic rings. The molecule has 5 rings (SSSR count). The molecule has 11 heteroatoms. The summed E-state index contributed by atoms with van der Waals surface area (Å²) in [6.45, 7) is 3.44. The number of aryl methyl sites for hydroxylation is 1. The van der Waals surface area contributed by atoms with Crippen LogP contribution in [0.15, 0.2) is 78.9 Å². The molecule has 3 aromatic carbocycles. The van der Waals surface area contributed by atoms with Crippen LogP contribution < -0.4 is 16.0 Å². The first-order valence-corrected chi connectivity index (χ1v) is 14.9. The number of anilines is 1. The van der Waals surface area contributed by atoms with Crippen LogP contribution in [0.4, 0.5) is 5.69 Å². The van der Waals surface area contributed by atoms with Crippen molar-refractivity contribution in [3.63, 3.8) is 0 Å². The molecule has 0 fully saturated rings. The molecule has 2 heterocycles. The lowest BCUT2D eigenvalue weighted by molar-refractivity contribution is -0.143. The summed E-state index contributed by atoms with van der Waals surface area (Å²) in [6.07, 6.45) is 1.94. The van der Waals surface area contributed by atoms with Crippen molar-refractivity contribution in [1.82, 2.24) is 15.6 Å². The Balaban J connectivity index is 1.38. The van der Waals surface area contributed by atoms with Gasteiger partial charge in [-0.3, -0.25) is 14.4 Å². The van der Waals surface area contributed by atoms with E-state index >= 15 is 0 Å². The van der Waals surface area contributed by atoms with E-state index in [1.165, 1.54) is 19.2 Å². The number of benzene rings is 3. The summed E-state index contributed by atoms with van der Waals surface area (Å²) in [5, 5.41) is 17.9. The monoisotopic (exact) mass is 634 g/mol. The van der Waals surface area contributed by atoms with E-state index in [0.717, 1.165) is 11.1 Å². The van der Waals surface area contributed by atoms with Crippen molar-refractivity contribution >= 4 is 47.0 Å². The van der Waals surface area contributed by atoms with E-state index in [1.54, 1.807) is 50.3 Å². The summed E-state index contributed by atoms with van der Waals surface area (Å²) in [7, 11) is 1.26. The average molecular weight is 635 g/mol. The van der Waals surface area contributed by atoms with Crippen molar-refractivity contribution < 1.29 is 33.8 Å². The van der Waals surface area contributed by atoms with Crippen LogP contribution in [0, 0.1) is 13.8 Å². The molecule has 47 heavy (non-hydrogen) atoms. The molecule has 5 N–H and O–H groups in total. The number of aromatic amines is 1. The van der Waals surface area contributed by atoms with Crippen molar-refractivity contribution in [3.05, 3.63) is 124 Å². The number of carbonyl (C=O) groups is 5. The highest BCUT2D eigenvalue weighted by Gasteiger charge is 2.29. The quantitative estimate of drug-likeness (QED) is 0.123. The molecular formula is C36H34N4O7. The smallest absolute Gasteiger partial charge is 0.328 e. The maximum Gasteiger partial charge on any atom is 0.328 e. The van der Waals surface area contributed by atoms with Gasteiger partial charge in [-0.05, 0) is 54.8 Å². The zero-order chi connectivity index (χ0) is 33.7. The molecule has 240 valence electrons. The predicted octanol–water partition coefficient (Wildman–Crippen LogP) is 4.06. The number of carboxylic acid groups (broad SMARTS) is 1. The maximum absolute atomic E-state index is 13.5. The summed E-state index contributed by atoms with van der Waals surface area (Å²) < 4.78 is 4.93. The van der Waals surface area contributed by atoms with Gasteiger partial charge >= 0.3 is 11.9 Å². The van der Waals surface area contributed by atoms with Crippen molar-refractivity contribution in [2.24, 2.45) is 0 Å². The molecule has 4 aromatic rings. The first-order valence-electron chi connectivity index (χ1n) is 14.9. The van der Waals surface area contributed by atoms with E-state index in [2.05, 4.69) is 20.9 Å². The van der Waals surface area contributed by atoms with Crippen molar-refractivity contribution in [2.75, 3.05) is 12.4 Å². The van der Waals surface area contributed by atoms with Gasteiger partial charge in [-0.1, -0.05) is 60.7 Å². The Hall–Kier alpha value is -5.97. The third-order valence-corrected chi connectivity index (χ3v) is 8.02. The Kier molecular flexibility index (Phi) is 9.65. The normalized spacial score (nSPS) is 14.1. The number of carboxylic acids is 1. The Morgan fingerprint density at radius 1 is 0.851 bits per heavy atom. The van der Waals surface area contributed by atoms with E-state index < -0.39 is 41.7 Å². The van der Waals surface area contributed by atoms with E-state index in [9.17, 15) is 29.1 Å². The average Bonchev–Trinajstić information content (AvgIpc) is 3.53. The molecule has 0 saturated heterocycles. The Bertz CT molecular complexity index is 1880. The van der Waals surface area contributed by atoms with Gasteiger partial charge in [0.05, 0.1) is 18.2 Å². The van der Waals surface area contributed by atoms with Gasteiger partial charge in [0.2, 0.25) is 0 Å². The highest BCUT2D eigenvalue weighted by atomic mass is 16.5. The summed E-state index contributed by atoms with van der Waals surface area (Å²) >= 11 is 0. The largest absolute Gasteiger partial charge is 0.480 e. The standard InChI is InChI=1S/C36H34N4O7/c1-20-28(37-21(2)31(20)34(43)40-30(36(46)47-3)17-23-12-8-5-9-13-23)19-26-25-18-24(14-15-27(25)38-33(26)42)32(41)39-29(35(44)45)16-22-10-6-4-7-11-22/h4-15,18-19,29-30,37H,16-17H2,1-3H3,(H,38,42)(H,39,41)(H,40,43)(H,44,45)/b26-19-/t29-,30-/m0/s1. The fourth-order valence-electron chi connectivity index (χ4n) is 5.58. The van der Waals surface area contributed by atoms with Crippen LogP contribution in [0.3, 0.4) is 0 Å². The van der Waals surface area contributed by atoms with Crippen LogP contribution in [0.25, 0.3) is 11.6 Å². The summed E-state index contributed by atoms with van der Waals surface area (Å²) in [5.41, 5.74) is 4.87. The van der Waals surface area contributed by atoms with Crippen LogP contribution in [0.2, 0.25) is 0 Å². The van der Waals surface area contributed by atoms with Gasteiger partial charge in [0.15, 0.2) is 0 Å². The highest BCUT2D eigenvalue weighted by Crippen LogP contribution is 2.35. The minimum atomic E-state index is -1.17. The summed E-state index contributed by atoms with van der Waals surface area (Å²) in [5.74, 6) is -3.24. The number of esters is 1. The number of aromatic nitrogens is 1. The SMILES string of the molecule is COC(=O)[C@H](Cc1ccccc1)NC(=O)c1c(C)[nH]c(/C=C2\C(=O)Nc3ccc(C(=O)N[C@@H](Cc4ccccc4)C(=O)O)cc32)c1C. The predicted molar refractivity (Wildman–Crippen MR) is 176 cm³/mol. The first-order chi connectivity index (χ1) is 22.5. The van der Waals surface area contributed by atoms with Crippen molar-refractivity contribution in [2.45, 2.75) is 38.8 Å². The number of methoxy groups -OCH3 is 1. The lowest BCUT2D eigenvalue weighted by Crippen LogP contribution is -2.43. The van der Waals surface area contributed by atoms with Gasteiger partial charge in [-0.15, -0.1) is 0 Å². The number of rotatable bonds is 11. The second kappa shape index (κ2) is 14.0. The van der Waals surface area contributed by atoms with Crippen molar-refractivity contribution in [1.29, 1.82) is 0 Å². The Morgan fingerprint density at radius 2 is 1.45 bits per heavy atom. The molecular weight excluding hydrogens is 600 g/mol. The van der Waals surface area contributed by atoms with Gasteiger partial charge in [0, 0.05) is 41.0 Å². The number of aliphatic carboxylic acids is 1. The minimum absolute atomic E-state index is 0.103. The lowest BCUT2D eigenvalue weighted by Gasteiger charge is -2.17. The first kappa shape index (κ1) is 32.4. The molecule has 2 atom stereocenters. The maximum atomic E-state index is 13.5. The number of hydrogen-bond acceptors (Lipinski definition) is 6. The van der Waals surface area contributed by atoms with Gasteiger partial charge in [-0.2, -0.15) is 0 Å². The third kappa shape index (κ3) is 7.30. The summed E-state index contributed by atoms with van der Waals surface area (Å²) in [6, 6.07) is 20.8. The number of amides is 3. The zero-order valence-electron chi connectivity index (χ0n) is 26.0. The van der Waals surface area contributed by atoms with E-state index in [4.69, 9.17) is 4.74 Å². The molecule has 0 radical (unpaired) electrons. The second-order valence-electron chi connectivity index (χ2n) is 11.2. The fourth-order valence-corrected chi connectivity index (χ4v) is 5.58. The highest BCUT2D eigenvalue weighted by molar-refractivity contribution is 6.35. The molecule has 11 nitrogen and oxygen atoms in total.